The van der Waals surface area contributed by atoms with Crippen molar-refractivity contribution in [3.8, 4) is 5.75 Å². The monoisotopic (exact) mass is 278 g/mol. The van der Waals surface area contributed by atoms with Crippen LogP contribution in [0.2, 0.25) is 0 Å². The van der Waals surface area contributed by atoms with Crippen LogP contribution in [0.4, 0.5) is 0 Å². The largest absolute Gasteiger partial charge is 0.492 e. The number of nitrogens with zero attached hydrogens (tertiary/aromatic N) is 1. The van der Waals surface area contributed by atoms with Crippen LogP contribution in [0.3, 0.4) is 0 Å². The predicted molar refractivity (Wildman–Crippen MR) is 75.5 cm³/mol. The first-order valence-corrected chi connectivity index (χ1v) is 7.22. The lowest BCUT2D eigenvalue weighted by Gasteiger charge is -2.21. The Bertz CT molecular complexity index is 391. The zero-order valence-electron chi connectivity index (χ0n) is 11.7. The summed E-state index contributed by atoms with van der Waals surface area (Å²) in [7, 11) is 0. The van der Waals surface area contributed by atoms with E-state index in [1.807, 2.05) is 12.1 Å². The Morgan fingerprint density at radius 2 is 2.50 bits per heavy atom. The summed E-state index contributed by atoms with van der Waals surface area (Å²) in [6.45, 7) is 2.78. The first-order valence-electron chi connectivity index (χ1n) is 7.22. The molecule has 1 saturated heterocycles. The highest BCUT2D eigenvalue weighted by Gasteiger charge is 2.17. The third-order valence-electron chi connectivity index (χ3n) is 3.28. The lowest BCUT2D eigenvalue weighted by molar-refractivity contribution is -0.123. The molecule has 5 nitrogen and oxygen atoms in total. The second-order valence-electron chi connectivity index (χ2n) is 5.03. The van der Waals surface area contributed by atoms with E-state index >= 15 is 0 Å². The van der Waals surface area contributed by atoms with Crippen molar-refractivity contribution in [3.05, 3.63) is 24.5 Å². The van der Waals surface area contributed by atoms with Crippen LogP contribution in [0.5, 0.6) is 5.75 Å². The van der Waals surface area contributed by atoms with Crippen molar-refractivity contribution in [2.45, 2.75) is 25.7 Å². The minimum absolute atomic E-state index is 0.113. The molecule has 1 aromatic rings. The molecule has 0 aromatic carbocycles. The van der Waals surface area contributed by atoms with E-state index in [1.54, 1.807) is 12.4 Å². The van der Waals surface area contributed by atoms with E-state index in [9.17, 15) is 4.79 Å². The molecular weight excluding hydrogens is 256 g/mol. The van der Waals surface area contributed by atoms with Crippen molar-refractivity contribution >= 4 is 5.91 Å². The average molecular weight is 278 g/mol. The molecule has 1 aliphatic rings. The molecule has 2 rings (SSSR count). The summed E-state index contributed by atoms with van der Waals surface area (Å²) in [5.74, 6) is 1.26. The van der Waals surface area contributed by atoms with Gasteiger partial charge in [-0.25, -0.2) is 0 Å². The van der Waals surface area contributed by atoms with Gasteiger partial charge in [0, 0.05) is 32.4 Å². The first-order chi connectivity index (χ1) is 9.84. The van der Waals surface area contributed by atoms with E-state index in [0.29, 0.717) is 25.5 Å². The van der Waals surface area contributed by atoms with Gasteiger partial charge in [0.05, 0.1) is 12.8 Å². The highest BCUT2D eigenvalue weighted by Crippen LogP contribution is 2.16. The lowest BCUT2D eigenvalue weighted by Crippen LogP contribution is -2.30. The number of ether oxygens (including phenoxy) is 2. The number of carbonyl (C=O) groups excluding carboxylic acids is 1. The second kappa shape index (κ2) is 8.53. The van der Waals surface area contributed by atoms with Gasteiger partial charge in [0.25, 0.3) is 0 Å². The van der Waals surface area contributed by atoms with Gasteiger partial charge in [-0.1, -0.05) is 0 Å². The Kier molecular flexibility index (Phi) is 6.31. The molecule has 2 heterocycles. The Labute approximate surface area is 119 Å². The van der Waals surface area contributed by atoms with Gasteiger partial charge >= 0.3 is 0 Å². The van der Waals surface area contributed by atoms with E-state index in [2.05, 4.69) is 10.3 Å². The molecule has 1 N–H and O–H groups in total. The van der Waals surface area contributed by atoms with Crippen LogP contribution >= 0.6 is 0 Å². The molecule has 5 heteroatoms. The Hall–Kier alpha value is -1.62. The summed E-state index contributed by atoms with van der Waals surface area (Å²) in [5, 5.41) is 2.93. The number of aromatic nitrogens is 1. The molecule has 0 bridgehead atoms. The van der Waals surface area contributed by atoms with Crippen LogP contribution in [0.1, 0.15) is 25.7 Å². The Morgan fingerprint density at radius 3 is 3.25 bits per heavy atom. The molecule has 0 aliphatic carbocycles. The fourth-order valence-corrected chi connectivity index (χ4v) is 2.23. The summed E-state index contributed by atoms with van der Waals surface area (Å²) in [4.78, 5) is 15.7. The number of nitrogens with one attached hydrogen (secondary N) is 1. The quantitative estimate of drug-likeness (QED) is 0.772. The van der Waals surface area contributed by atoms with E-state index in [0.717, 1.165) is 38.2 Å². The molecule has 0 radical (unpaired) electrons. The van der Waals surface area contributed by atoms with Crippen molar-refractivity contribution in [3.63, 3.8) is 0 Å². The molecule has 1 fully saturated rings. The first kappa shape index (κ1) is 14.8. The van der Waals surface area contributed by atoms with Gasteiger partial charge in [-0.05, 0) is 37.3 Å². The highest BCUT2D eigenvalue weighted by atomic mass is 16.5. The van der Waals surface area contributed by atoms with Crippen molar-refractivity contribution in [2.24, 2.45) is 5.92 Å². The number of carbonyl (C=O) groups is 1. The summed E-state index contributed by atoms with van der Waals surface area (Å²) in [5.41, 5.74) is 0. The van der Waals surface area contributed by atoms with E-state index < -0.39 is 0 Å². The van der Waals surface area contributed by atoms with Crippen LogP contribution in [0.25, 0.3) is 0 Å². The molecule has 0 saturated carbocycles. The van der Waals surface area contributed by atoms with Crippen LogP contribution in [-0.4, -0.2) is 37.3 Å². The highest BCUT2D eigenvalue weighted by molar-refractivity contribution is 5.76. The summed E-state index contributed by atoms with van der Waals surface area (Å²) in [6, 6.07) is 3.71. The smallest absolute Gasteiger partial charge is 0.220 e. The summed E-state index contributed by atoms with van der Waals surface area (Å²) >= 11 is 0. The standard InChI is InChI=1S/C15H22N2O3/c18-15(10-13-4-2-8-19-12-13)17-7-3-9-20-14-5-1-6-16-11-14/h1,5-6,11,13H,2-4,7-10,12H2,(H,17,18)/t13-/m0/s1. The lowest BCUT2D eigenvalue weighted by atomic mass is 9.98. The number of hydrogen-bond donors (Lipinski definition) is 1. The zero-order chi connectivity index (χ0) is 14.0. The second-order valence-corrected chi connectivity index (χ2v) is 5.03. The fourth-order valence-electron chi connectivity index (χ4n) is 2.23. The molecule has 110 valence electrons. The predicted octanol–water partition coefficient (Wildman–Crippen LogP) is 1.78. The van der Waals surface area contributed by atoms with Gasteiger partial charge in [-0.15, -0.1) is 0 Å². The molecule has 1 atom stereocenters. The van der Waals surface area contributed by atoms with Crippen molar-refractivity contribution in [1.29, 1.82) is 0 Å². The fraction of sp³-hybridized carbons (Fsp3) is 0.600. The third kappa shape index (κ3) is 5.57. The van der Waals surface area contributed by atoms with Gasteiger partial charge < -0.3 is 14.8 Å². The zero-order valence-corrected chi connectivity index (χ0v) is 11.7. The maximum Gasteiger partial charge on any atom is 0.220 e. The van der Waals surface area contributed by atoms with E-state index in [4.69, 9.17) is 9.47 Å². The van der Waals surface area contributed by atoms with Crippen molar-refractivity contribution in [1.82, 2.24) is 10.3 Å². The van der Waals surface area contributed by atoms with E-state index in [-0.39, 0.29) is 5.91 Å². The Balaban J connectivity index is 1.51. The minimum Gasteiger partial charge on any atom is -0.492 e. The topological polar surface area (TPSA) is 60.5 Å². The van der Waals surface area contributed by atoms with Gasteiger partial charge in [-0.3, -0.25) is 9.78 Å². The molecule has 0 unspecified atom stereocenters. The maximum absolute atomic E-state index is 11.7. The van der Waals surface area contributed by atoms with Crippen LogP contribution < -0.4 is 10.1 Å². The normalized spacial score (nSPS) is 18.5. The molecule has 0 spiro atoms. The Morgan fingerprint density at radius 1 is 1.55 bits per heavy atom. The SMILES string of the molecule is O=C(C[C@@H]1CCCOC1)NCCCOc1cccnc1. The minimum atomic E-state index is 0.113. The summed E-state index contributed by atoms with van der Waals surface area (Å²) in [6.07, 6.45) is 6.92. The molecule has 1 aromatic heterocycles. The summed E-state index contributed by atoms with van der Waals surface area (Å²) < 4.78 is 10.9. The van der Waals surface area contributed by atoms with Crippen LogP contribution in [0, 0.1) is 5.92 Å². The van der Waals surface area contributed by atoms with Crippen LogP contribution in [0.15, 0.2) is 24.5 Å². The number of rotatable bonds is 7. The van der Waals surface area contributed by atoms with Gasteiger partial charge in [0.15, 0.2) is 0 Å². The van der Waals surface area contributed by atoms with Crippen LogP contribution in [-0.2, 0) is 9.53 Å². The maximum atomic E-state index is 11.7. The van der Waals surface area contributed by atoms with Crippen molar-refractivity contribution in [2.75, 3.05) is 26.4 Å². The molecular formula is C15H22N2O3. The van der Waals surface area contributed by atoms with Gasteiger partial charge in [0.2, 0.25) is 5.91 Å². The van der Waals surface area contributed by atoms with Crippen molar-refractivity contribution < 1.29 is 14.3 Å². The number of pyridine rings is 1. The van der Waals surface area contributed by atoms with Gasteiger partial charge in [-0.2, -0.15) is 0 Å². The average Bonchev–Trinajstić information content (AvgIpc) is 2.49. The molecule has 1 aliphatic heterocycles. The molecule has 20 heavy (non-hydrogen) atoms. The molecule has 1 amide bonds. The number of amides is 1. The number of hydrogen-bond acceptors (Lipinski definition) is 4. The van der Waals surface area contributed by atoms with Gasteiger partial charge in [0.1, 0.15) is 5.75 Å². The van der Waals surface area contributed by atoms with E-state index in [1.165, 1.54) is 0 Å². The third-order valence-corrected chi connectivity index (χ3v) is 3.28.